The Bertz CT molecular complexity index is 557. The highest BCUT2D eigenvalue weighted by Gasteiger charge is 2.51. The van der Waals surface area contributed by atoms with Crippen LogP contribution in [0.25, 0.3) is 0 Å². The van der Waals surface area contributed by atoms with Gasteiger partial charge in [0.25, 0.3) is 5.91 Å². The maximum Gasteiger partial charge on any atom is 0.308 e. The number of fused-ring (bicyclic) bond motifs is 2. The minimum atomic E-state index is -0.773. The van der Waals surface area contributed by atoms with Crippen LogP contribution in [-0.4, -0.2) is 29.3 Å². The molecule has 2 bridgehead atoms. The van der Waals surface area contributed by atoms with Crippen molar-refractivity contribution in [3.63, 3.8) is 0 Å². The highest BCUT2D eigenvalue weighted by atomic mass is 32.2. The Kier molecular flexibility index (Phi) is 3.93. The number of carbonyl (C=O) groups excluding carboxylic acids is 1. The summed E-state index contributed by atoms with van der Waals surface area (Å²) >= 11 is 1.63. The average molecular weight is 305 g/mol. The predicted molar refractivity (Wildman–Crippen MR) is 81.4 cm³/mol. The summed E-state index contributed by atoms with van der Waals surface area (Å²) in [6, 6.07) is 7.20. The van der Waals surface area contributed by atoms with Crippen LogP contribution in [0.15, 0.2) is 29.2 Å². The van der Waals surface area contributed by atoms with Crippen LogP contribution in [0, 0.1) is 17.8 Å². The van der Waals surface area contributed by atoms with Crippen molar-refractivity contribution in [1.29, 1.82) is 0 Å². The molecule has 21 heavy (non-hydrogen) atoms. The zero-order valence-electron chi connectivity index (χ0n) is 11.9. The monoisotopic (exact) mass is 305 g/mol. The highest BCUT2D eigenvalue weighted by molar-refractivity contribution is 7.98. The van der Waals surface area contributed by atoms with Crippen molar-refractivity contribution >= 4 is 23.6 Å². The van der Waals surface area contributed by atoms with E-state index >= 15 is 0 Å². The van der Waals surface area contributed by atoms with Crippen LogP contribution in [0.5, 0.6) is 0 Å². The van der Waals surface area contributed by atoms with E-state index in [2.05, 4.69) is 5.32 Å². The molecule has 2 aliphatic rings. The first-order chi connectivity index (χ1) is 10.1. The number of thioether (sulfide) groups is 1. The molecule has 1 aromatic rings. The Morgan fingerprint density at radius 1 is 1.19 bits per heavy atom. The summed E-state index contributed by atoms with van der Waals surface area (Å²) in [6.45, 7) is 0. The van der Waals surface area contributed by atoms with E-state index in [1.807, 2.05) is 18.4 Å². The van der Waals surface area contributed by atoms with Crippen LogP contribution in [-0.2, 0) is 4.79 Å². The molecule has 112 valence electrons. The van der Waals surface area contributed by atoms with Gasteiger partial charge in [0.1, 0.15) is 0 Å². The lowest BCUT2D eigenvalue weighted by atomic mass is 9.84. The number of rotatable bonds is 4. The molecule has 4 atom stereocenters. The van der Waals surface area contributed by atoms with Crippen molar-refractivity contribution in [2.45, 2.75) is 30.2 Å². The predicted octanol–water partition coefficient (Wildman–Crippen LogP) is 2.64. The molecule has 1 aromatic carbocycles. The first-order valence-corrected chi connectivity index (χ1v) is 8.50. The van der Waals surface area contributed by atoms with Gasteiger partial charge in [0.15, 0.2) is 0 Å². The van der Waals surface area contributed by atoms with E-state index in [1.54, 1.807) is 23.9 Å². The highest BCUT2D eigenvalue weighted by Crippen LogP contribution is 2.48. The molecule has 0 heterocycles. The molecule has 4 unspecified atom stereocenters. The van der Waals surface area contributed by atoms with E-state index in [1.165, 1.54) is 0 Å². The molecule has 0 radical (unpaired) electrons. The quantitative estimate of drug-likeness (QED) is 0.839. The van der Waals surface area contributed by atoms with Gasteiger partial charge in [0.05, 0.1) is 5.92 Å². The zero-order valence-corrected chi connectivity index (χ0v) is 12.7. The topological polar surface area (TPSA) is 66.4 Å². The summed E-state index contributed by atoms with van der Waals surface area (Å²) < 4.78 is 0. The van der Waals surface area contributed by atoms with Gasteiger partial charge in [0, 0.05) is 16.5 Å². The van der Waals surface area contributed by atoms with Crippen molar-refractivity contribution in [3.8, 4) is 0 Å². The Morgan fingerprint density at radius 3 is 2.48 bits per heavy atom. The van der Waals surface area contributed by atoms with Crippen LogP contribution in [0.4, 0.5) is 0 Å². The maximum atomic E-state index is 12.3. The Morgan fingerprint density at radius 2 is 1.86 bits per heavy atom. The lowest BCUT2D eigenvalue weighted by Crippen LogP contribution is -2.46. The van der Waals surface area contributed by atoms with Gasteiger partial charge in [-0.05, 0) is 61.6 Å². The van der Waals surface area contributed by atoms with E-state index in [-0.39, 0.29) is 17.9 Å². The fraction of sp³-hybridized carbons (Fsp3) is 0.500. The third-order valence-corrected chi connectivity index (χ3v) is 5.60. The van der Waals surface area contributed by atoms with E-state index in [0.29, 0.717) is 11.5 Å². The molecule has 0 aromatic heterocycles. The smallest absolute Gasteiger partial charge is 0.308 e. The summed E-state index contributed by atoms with van der Waals surface area (Å²) in [5.74, 6) is -0.794. The molecule has 0 spiro atoms. The molecule has 2 saturated carbocycles. The van der Waals surface area contributed by atoms with Crippen LogP contribution < -0.4 is 5.32 Å². The van der Waals surface area contributed by atoms with Gasteiger partial charge in [-0.3, -0.25) is 9.59 Å². The van der Waals surface area contributed by atoms with Gasteiger partial charge in [-0.1, -0.05) is 0 Å². The SMILES string of the molecule is CSc1ccc(C(=O)NC2C3CCC(C3)C2C(=O)O)cc1. The second-order valence-corrected chi connectivity index (χ2v) is 6.80. The Hall–Kier alpha value is -1.49. The number of amides is 1. The normalized spacial score (nSPS) is 30.3. The van der Waals surface area contributed by atoms with E-state index < -0.39 is 11.9 Å². The van der Waals surface area contributed by atoms with Gasteiger partial charge < -0.3 is 10.4 Å². The molecule has 3 rings (SSSR count). The second kappa shape index (κ2) is 5.72. The van der Waals surface area contributed by atoms with Crippen molar-refractivity contribution in [2.24, 2.45) is 17.8 Å². The molecule has 0 aliphatic heterocycles. The maximum absolute atomic E-state index is 12.3. The zero-order chi connectivity index (χ0) is 15.0. The van der Waals surface area contributed by atoms with Gasteiger partial charge >= 0.3 is 5.97 Å². The number of carbonyl (C=O) groups is 2. The number of nitrogens with one attached hydrogen (secondary N) is 1. The van der Waals surface area contributed by atoms with E-state index in [0.717, 1.165) is 24.2 Å². The lowest BCUT2D eigenvalue weighted by molar-refractivity contribution is -0.144. The summed E-state index contributed by atoms with van der Waals surface area (Å²) in [7, 11) is 0. The summed E-state index contributed by atoms with van der Waals surface area (Å²) in [6.07, 6.45) is 4.94. The van der Waals surface area contributed by atoms with Crippen LogP contribution in [0.1, 0.15) is 29.6 Å². The van der Waals surface area contributed by atoms with Gasteiger partial charge in [-0.25, -0.2) is 0 Å². The number of aliphatic carboxylic acids is 1. The fourth-order valence-electron chi connectivity index (χ4n) is 3.83. The van der Waals surface area contributed by atoms with Gasteiger partial charge in [-0.15, -0.1) is 11.8 Å². The Balaban J connectivity index is 1.72. The average Bonchev–Trinajstić information content (AvgIpc) is 3.08. The van der Waals surface area contributed by atoms with Crippen LogP contribution >= 0.6 is 11.8 Å². The minimum Gasteiger partial charge on any atom is -0.481 e. The first-order valence-electron chi connectivity index (χ1n) is 7.28. The van der Waals surface area contributed by atoms with E-state index in [4.69, 9.17) is 0 Å². The summed E-state index contributed by atoms with van der Waals surface area (Å²) in [5.41, 5.74) is 0.597. The number of carboxylic acid groups (broad SMARTS) is 1. The molecule has 4 nitrogen and oxygen atoms in total. The molecular weight excluding hydrogens is 286 g/mol. The molecule has 5 heteroatoms. The first kappa shape index (κ1) is 14.4. The number of carboxylic acids is 1. The van der Waals surface area contributed by atoms with E-state index in [9.17, 15) is 14.7 Å². The molecule has 2 aliphatic carbocycles. The standard InChI is InChI=1S/C16H19NO3S/c1-21-12-6-4-9(5-7-12)15(18)17-14-11-3-2-10(8-11)13(14)16(19)20/h4-7,10-11,13-14H,2-3,8H2,1H3,(H,17,18)(H,19,20). The molecular formula is C16H19NO3S. The van der Waals surface area contributed by atoms with Crippen LogP contribution in [0.2, 0.25) is 0 Å². The second-order valence-electron chi connectivity index (χ2n) is 5.92. The van der Waals surface area contributed by atoms with Crippen molar-refractivity contribution in [2.75, 3.05) is 6.26 Å². The summed E-state index contributed by atoms with van der Waals surface area (Å²) in [5, 5.41) is 12.4. The number of hydrogen-bond donors (Lipinski definition) is 2. The van der Waals surface area contributed by atoms with Crippen molar-refractivity contribution in [1.82, 2.24) is 5.32 Å². The number of benzene rings is 1. The van der Waals surface area contributed by atoms with Gasteiger partial charge in [0.2, 0.25) is 0 Å². The van der Waals surface area contributed by atoms with Crippen molar-refractivity contribution in [3.05, 3.63) is 29.8 Å². The molecule has 0 saturated heterocycles. The third kappa shape index (κ3) is 2.67. The van der Waals surface area contributed by atoms with Gasteiger partial charge in [-0.2, -0.15) is 0 Å². The van der Waals surface area contributed by atoms with Crippen LogP contribution in [0.3, 0.4) is 0 Å². The largest absolute Gasteiger partial charge is 0.481 e. The molecule has 2 fully saturated rings. The molecule has 1 amide bonds. The number of hydrogen-bond acceptors (Lipinski definition) is 3. The summed E-state index contributed by atoms with van der Waals surface area (Å²) in [4.78, 5) is 24.9. The minimum absolute atomic E-state index is 0.161. The fourth-order valence-corrected chi connectivity index (χ4v) is 4.24. The van der Waals surface area contributed by atoms with Crippen molar-refractivity contribution < 1.29 is 14.7 Å². The lowest BCUT2D eigenvalue weighted by Gasteiger charge is -2.28. The Labute approximate surface area is 128 Å². The third-order valence-electron chi connectivity index (χ3n) is 4.85. The molecule has 2 N–H and O–H groups in total.